The summed E-state index contributed by atoms with van der Waals surface area (Å²) in [4.78, 5) is 26.9. The number of nitrogens with one attached hydrogen (secondary N) is 1. The van der Waals surface area contributed by atoms with Crippen molar-refractivity contribution in [2.24, 2.45) is 11.7 Å². The van der Waals surface area contributed by atoms with E-state index in [-0.39, 0.29) is 29.3 Å². The van der Waals surface area contributed by atoms with Crippen molar-refractivity contribution in [3.05, 3.63) is 22.4 Å². The molecular weight excluding hydrogens is 322 g/mol. The molecule has 0 aromatic carbocycles. The SMILES string of the molecule is CC1(N)CCCCC1C(=O)N1CCC(NC(=O)c2ccsc2)CC1. The zero-order valence-corrected chi connectivity index (χ0v) is 15.1. The molecule has 1 saturated carbocycles. The molecule has 2 aliphatic rings. The Labute approximate surface area is 147 Å². The molecule has 5 nitrogen and oxygen atoms in total. The van der Waals surface area contributed by atoms with E-state index in [1.165, 1.54) is 11.3 Å². The predicted molar refractivity (Wildman–Crippen MR) is 95.9 cm³/mol. The normalized spacial score (nSPS) is 28.6. The van der Waals surface area contributed by atoms with Crippen LogP contribution >= 0.6 is 11.3 Å². The van der Waals surface area contributed by atoms with E-state index in [1.54, 1.807) is 0 Å². The Bertz CT molecular complexity index is 577. The van der Waals surface area contributed by atoms with E-state index in [0.717, 1.165) is 44.1 Å². The van der Waals surface area contributed by atoms with Gasteiger partial charge in [-0.25, -0.2) is 0 Å². The van der Waals surface area contributed by atoms with Crippen LogP contribution in [0.2, 0.25) is 0 Å². The Balaban J connectivity index is 1.51. The van der Waals surface area contributed by atoms with Gasteiger partial charge in [-0.15, -0.1) is 0 Å². The summed E-state index contributed by atoms with van der Waals surface area (Å²) in [5.74, 6) is 0.147. The summed E-state index contributed by atoms with van der Waals surface area (Å²) >= 11 is 1.52. The van der Waals surface area contributed by atoms with Crippen LogP contribution < -0.4 is 11.1 Å². The highest BCUT2D eigenvalue weighted by Crippen LogP contribution is 2.33. The van der Waals surface area contributed by atoms with Gasteiger partial charge in [0.05, 0.1) is 5.92 Å². The average Bonchev–Trinajstić information content (AvgIpc) is 3.09. The van der Waals surface area contributed by atoms with Crippen molar-refractivity contribution in [3.8, 4) is 0 Å². The summed E-state index contributed by atoms with van der Waals surface area (Å²) < 4.78 is 0. The molecule has 1 aromatic heterocycles. The lowest BCUT2D eigenvalue weighted by Gasteiger charge is -2.41. The quantitative estimate of drug-likeness (QED) is 0.880. The topological polar surface area (TPSA) is 75.4 Å². The maximum atomic E-state index is 12.8. The molecule has 0 bridgehead atoms. The van der Waals surface area contributed by atoms with Gasteiger partial charge in [-0.3, -0.25) is 9.59 Å². The van der Waals surface area contributed by atoms with E-state index in [1.807, 2.05) is 28.7 Å². The molecule has 2 heterocycles. The largest absolute Gasteiger partial charge is 0.349 e. The van der Waals surface area contributed by atoms with Crippen molar-refractivity contribution < 1.29 is 9.59 Å². The number of hydrogen-bond acceptors (Lipinski definition) is 4. The number of likely N-dealkylation sites (tertiary alicyclic amines) is 1. The van der Waals surface area contributed by atoms with Crippen LogP contribution in [-0.2, 0) is 4.79 Å². The third-order valence-electron chi connectivity index (χ3n) is 5.48. The Hall–Kier alpha value is -1.40. The molecule has 2 atom stereocenters. The molecular formula is C18H27N3O2S. The van der Waals surface area contributed by atoms with Crippen LogP contribution in [0.1, 0.15) is 55.8 Å². The summed E-state index contributed by atoms with van der Waals surface area (Å²) in [6, 6.07) is 1.99. The maximum absolute atomic E-state index is 12.8. The fourth-order valence-electron chi connectivity index (χ4n) is 3.89. The molecule has 1 aliphatic carbocycles. The van der Waals surface area contributed by atoms with E-state index in [9.17, 15) is 9.59 Å². The van der Waals surface area contributed by atoms with Crippen molar-refractivity contribution in [2.45, 2.75) is 57.0 Å². The van der Waals surface area contributed by atoms with Crippen molar-refractivity contribution in [3.63, 3.8) is 0 Å². The summed E-state index contributed by atoms with van der Waals surface area (Å²) in [6.07, 6.45) is 5.67. The number of carbonyl (C=O) groups excluding carboxylic acids is 2. The molecule has 1 saturated heterocycles. The minimum Gasteiger partial charge on any atom is -0.349 e. The zero-order chi connectivity index (χ0) is 17.2. The van der Waals surface area contributed by atoms with Gasteiger partial charge in [0.25, 0.3) is 5.91 Å². The Kier molecular flexibility index (Phi) is 5.25. The number of nitrogens with two attached hydrogens (primary N) is 1. The highest BCUT2D eigenvalue weighted by atomic mass is 32.1. The lowest BCUT2D eigenvalue weighted by molar-refractivity contribution is -0.140. The first-order chi connectivity index (χ1) is 11.5. The molecule has 2 amide bonds. The Morgan fingerprint density at radius 3 is 2.67 bits per heavy atom. The van der Waals surface area contributed by atoms with Crippen molar-refractivity contribution >= 4 is 23.2 Å². The first-order valence-electron chi connectivity index (χ1n) is 8.88. The van der Waals surface area contributed by atoms with Gasteiger partial charge in [0.1, 0.15) is 0 Å². The van der Waals surface area contributed by atoms with Gasteiger partial charge in [0.15, 0.2) is 0 Å². The van der Waals surface area contributed by atoms with Gasteiger partial charge in [-0.05, 0) is 44.1 Å². The zero-order valence-electron chi connectivity index (χ0n) is 14.3. The van der Waals surface area contributed by atoms with Crippen LogP contribution in [0.3, 0.4) is 0 Å². The molecule has 2 unspecified atom stereocenters. The highest BCUT2D eigenvalue weighted by molar-refractivity contribution is 7.08. The third-order valence-corrected chi connectivity index (χ3v) is 6.16. The first kappa shape index (κ1) is 17.4. The van der Waals surface area contributed by atoms with E-state index >= 15 is 0 Å². The molecule has 1 aliphatic heterocycles. The summed E-state index contributed by atoms with van der Waals surface area (Å²) in [5.41, 5.74) is 6.72. The average molecular weight is 350 g/mol. The van der Waals surface area contributed by atoms with Gasteiger partial charge in [-0.1, -0.05) is 12.8 Å². The first-order valence-corrected chi connectivity index (χ1v) is 9.82. The van der Waals surface area contributed by atoms with Gasteiger partial charge >= 0.3 is 0 Å². The van der Waals surface area contributed by atoms with Gasteiger partial charge in [0, 0.05) is 35.6 Å². The molecule has 1 aromatic rings. The second-order valence-electron chi connectivity index (χ2n) is 7.39. The molecule has 132 valence electrons. The third kappa shape index (κ3) is 3.81. The number of rotatable bonds is 3. The molecule has 0 radical (unpaired) electrons. The molecule has 24 heavy (non-hydrogen) atoms. The summed E-state index contributed by atoms with van der Waals surface area (Å²) in [7, 11) is 0. The Morgan fingerprint density at radius 1 is 1.29 bits per heavy atom. The van der Waals surface area contributed by atoms with Crippen LogP contribution in [0.4, 0.5) is 0 Å². The van der Waals surface area contributed by atoms with Crippen LogP contribution in [0.15, 0.2) is 16.8 Å². The molecule has 0 spiro atoms. The number of amides is 2. The lowest BCUT2D eigenvalue weighted by atomic mass is 9.74. The van der Waals surface area contributed by atoms with Crippen LogP contribution in [0.25, 0.3) is 0 Å². The maximum Gasteiger partial charge on any atom is 0.252 e. The number of carbonyl (C=O) groups is 2. The molecule has 2 fully saturated rings. The minimum absolute atomic E-state index is 0.0113. The van der Waals surface area contributed by atoms with E-state index in [0.29, 0.717) is 13.1 Å². The van der Waals surface area contributed by atoms with Gasteiger partial charge in [-0.2, -0.15) is 11.3 Å². The number of hydrogen-bond donors (Lipinski definition) is 2. The van der Waals surface area contributed by atoms with Gasteiger partial charge < -0.3 is 16.0 Å². The second kappa shape index (κ2) is 7.23. The van der Waals surface area contributed by atoms with Crippen LogP contribution in [0.5, 0.6) is 0 Å². The monoisotopic (exact) mass is 349 g/mol. The van der Waals surface area contributed by atoms with Gasteiger partial charge in [0.2, 0.25) is 5.91 Å². The fraction of sp³-hybridized carbons (Fsp3) is 0.667. The van der Waals surface area contributed by atoms with Crippen molar-refractivity contribution in [1.82, 2.24) is 10.2 Å². The predicted octanol–water partition coefficient (Wildman–Crippen LogP) is 2.38. The van der Waals surface area contributed by atoms with E-state index < -0.39 is 0 Å². The van der Waals surface area contributed by atoms with E-state index in [4.69, 9.17) is 5.73 Å². The summed E-state index contributed by atoms with van der Waals surface area (Å²) in [6.45, 7) is 3.43. The van der Waals surface area contributed by atoms with Crippen LogP contribution in [-0.4, -0.2) is 41.4 Å². The highest BCUT2D eigenvalue weighted by Gasteiger charge is 2.40. The Morgan fingerprint density at radius 2 is 2.04 bits per heavy atom. The number of thiophene rings is 1. The summed E-state index contributed by atoms with van der Waals surface area (Å²) in [5, 5.41) is 6.85. The number of piperidine rings is 1. The van der Waals surface area contributed by atoms with Crippen molar-refractivity contribution in [2.75, 3.05) is 13.1 Å². The minimum atomic E-state index is -0.376. The molecule has 3 N–H and O–H groups in total. The van der Waals surface area contributed by atoms with E-state index in [2.05, 4.69) is 5.32 Å². The van der Waals surface area contributed by atoms with Crippen molar-refractivity contribution in [1.29, 1.82) is 0 Å². The molecule has 6 heteroatoms. The fourth-order valence-corrected chi connectivity index (χ4v) is 4.53. The smallest absolute Gasteiger partial charge is 0.252 e. The van der Waals surface area contributed by atoms with Crippen LogP contribution in [0, 0.1) is 5.92 Å². The second-order valence-corrected chi connectivity index (χ2v) is 8.17. The lowest BCUT2D eigenvalue weighted by Crippen LogP contribution is -2.56. The standard InChI is InChI=1S/C18H27N3O2S/c1-18(19)8-3-2-4-15(18)17(23)21-9-5-14(6-10-21)20-16(22)13-7-11-24-12-13/h7,11-12,14-15H,2-6,8-10,19H2,1H3,(H,20,22). The number of nitrogens with zero attached hydrogens (tertiary/aromatic N) is 1. The molecule has 3 rings (SSSR count).